The number of sulfonamides is 1. The molecule has 1 aromatic heterocycles. The lowest BCUT2D eigenvalue weighted by Crippen LogP contribution is -2.18. The van der Waals surface area contributed by atoms with Gasteiger partial charge in [0, 0.05) is 6.20 Å². The Morgan fingerprint density at radius 2 is 1.72 bits per heavy atom. The van der Waals surface area contributed by atoms with Gasteiger partial charge in [-0.05, 0) is 47.4 Å². The monoisotopic (exact) mass is 533 g/mol. The summed E-state index contributed by atoms with van der Waals surface area (Å²) in [6.45, 7) is 6.06. The molecule has 2 aromatic carbocycles. The molecule has 0 aliphatic rings. The van der Waals surface area contributed by atoms with E-state index in [2.05, 4.69) is 15.0 Å². The van der Waals surface area contributed by atoms with E-state index >= 15 is 0 Å². The summed E-state index contributed by atoms with van der Waals surface area (Å²) in [5.41, 5.74) is 1.06. The minimum atomic E-state index is -3.91. The summed E-state index contributed by atoms with van der Waals surface area (Å²) in [6, 6.07) is 16.2. The minimum Gasteiger partial charge on any atom is -0.486 e. The van der Waals surface area contributed by atoms with Crippen molar-refractivity contribution in [1.82, 2.24) is 4.98 Å². The van der Waals surface area contributed by atoms with Gasteiger partial charge in [0.1, 0.15) is 19.0 Å². The highest BCUT2D eigenvalue weighted by Crippen LogP contribution is 2.37. The first-order valence-electron chi connectivity index (χ1n) is 11.0. The summed E-state index contributed by atoms with van der Waals surface area (Å²) < 4.78 is 44.7. The maximum atomic E-state index is 13.0. The van der Waals surface area contributed by atoms with Crippen molar-refractivity contribution in [3.63, 3.8) is 0 Å². The predicted molar refractivity (Wildman–Crippen MR) is 138 cm³/mol. The highest BCUT2D eigenvalue weighted by atomic mass is 35.5. The standard InChI is InChI=1S/C25H28ClN3O6S/c1-25(2,3)18-10-12-19(13-11-18)36(31,32)29-20-7-6-8-21(23(20)35-17-26)33-15-16-34-24(30)28-22-9-4-5-14-27-22/h4-14,29H,15-17H2,1-3H3,(H,27,28,30). The fourth-order valence-corrected chi connectivity index (χ4v) is 4.29. The maximum absolute atomic E-state index is 13.0. The number of rotatable bonds is 10. The number of carbonyl (C=O) groups is 1. The van der Waals surface area contributed by atoms with Gasteiger partial charge >= 0.3 is 6.09 Å². The number of hydrogen-bond acceptors (Lipinski definition) is 7. The van der Waals surface area contributed by atoms with Gasteiger partial charge in [0.25, 0.3) is 10.0 Å². The fourth-order valence-electron chi connectivity index (χ4n) is 3.11. The summed E-state index contributed by atoms with van der Waals surface area (Å²) in [5.74, 6) is 0.697. The Hall–Kier alpha value is -3.50. The number of pyridine rings is 1. The zero-order valence-corrected chi connectivity index (χ0v) is 21.7. The van der Waals surface area contributed by atoms with Crippen LogP contribution in [0.3, 0.4) is 0 Å². The Kier molecular flexibility index (Phi) is 9.00. The lowest BCUT2D eigenvalue weighted by atomic mass is 9.87. The molecule has 0 saturated heterocycles. The molecule has 9 nitrogen and oxygen atoms in total. The van der Waals surface area contributed by atoms with Crippen LogP contribution in [0.4, 0.5) is 16.3 Å². The van der Waals surface area contributed by atoms with E-state index in [0.29, 0.717) is 5.82 Å². The highest BCUT2D eigenvalue weighted by Gasteiger charge is 2.21. The normalized spacial score (nSPS) is 11.4. The summed E-state index contributed by atoms with van der Waals surface area (Å²) in [5, 5.41) is 2.49. The third-order valence-corrected chi connectivity index (χ3v) is 6.41. The molecule has 0 aliphatic carbocycles. The number of benzene rings is 2. The van der Waals surface area contributed by atoms with Gasteiger partial charge in [-0.25, -0.2) is 18.2 Å². The topological polar surface area (TPSA) is 116 Å². The van der Waals surface area contributed by atoms with Crippen molar-refractivity contribution in [3.05, 3.63) is 72.4 Å². The fraction of sp³-hybridized carbons (Fsp3) is 0.280. The van der Waals surface area contributed by atoms with Gasteiger partial charge in [0.2, 0.25) is 0 Å². The quantitative estimate of drug-likeness (QED) is 0.265. The van der Waals surface area contributed by atoms with E-state index in [0.717, 1.165) is 5.56 Å². The van der Waals surface area contributed by atoms with Crippen LogP contribution in [0.25, 0.3) is 0 Å². The summed E-state index contributed by atoms with van der Waals surface area (Å²) >= 11 is 5.77. The summed E-state index contributed by atoms with van der Waals surface area (Å²) in [4.78, 5) is 15.9. The van der Waals surface area contributed by atoms with Crippen molar-refractivity contribution in [2.24, 2.45) is 0 Å². The Labute approximate surface area is 215 Å². The van der Waals surface area contributed by atoms with Crippen LogP contribution in [0.5, 0.6) is 11.5 Å². The largest absolute Gasteiger partial charge is 0.486 e. The molecule has 3 rings (SSSR count). The van der Waals surface area contributed by atoms with Gasteiger partial charge < -0.3 is 14.2 Å². The van der Waals surface area contributed by atoms with Gasteiger partial charge in [-0.3, -0.25) is 10.0 Å². The molecule has 0 radical (unpaired) electrons. The van der Waals surface area contributed by atoms with Gasteiger partial charge in [-0.15, -0.1) is 0 Å². The smallest absolute Gasteiger partial charge is 0.412 e. The zero-order valence-electron chi connectivity index (χ0n) is 20.2. The highest BCUT2D eigenvalue weighted by molar-refractivity contribution is 7.92. The molecule has 0 aliphatic heterocycles. The molecule has 0 unspecified atom stereocenters. The lowest BCUT2D eigenvalue weighted by molar-refractivity contribution is 0.136. The molecule has 1 amide bonds. The number of para-hydroxylation sites is 1. The van der Waals surface area contributed by atoms with Crippen LogP contribution < -0.4 is 19.5 Å². The molecule has 3 aromatic rings. The van der Waals surface area contributed by atoms with Crippen LogP contribution in [-0.4, -0.2) is 38.8 Å². The van der Waals surface area contributed by atoms with Gasteiger partial charge in [0.15, 0.2) is 17.6 Å². The third kappa shape index (κ3) is 7.50. The van der Waals surface area contributed by atoms with Crippen LogP contribution >= 0.6 is 11.6 Å². The van der Waals surface area contributed by atoms with Gasteiger partial charge in [-0.2, -0.15) is 0 Å². The van der Waals surface area contributed by atoms with Crippen LogP contribution in [0, 0.1) is 0 Å². The van der Waals surface area contributed by atoms with Gasteiger partial charge in [-0.1, -0.05) is 56.6 Å². The number of aromatic nitrogens is 1. The number of hydrogen-bond donors (Lipinski definition) is 2. The first kappa shape index (κ1) is 27.1. The summed E-state index contributed by atoms with van der Waals surface area (Å²) in [6.07, 6.45) is 0.854. The molecule has 2 N–H and O–H groups in total. The third-order valence-electron chi connectivity index (χ3n) is 4.92. The Bertz CT molecular complexity index is 1260. The summed E-state index contributed by atoms with van der Waals surface area (Å²) in [7, 11) is -3.91. The molecular weight excluding hydrogens is 506 g/mol. The van der Waals surface area contributed by atoms with Crippen molar-refractivity contribution in [2.75, 3.05) is 29.3 Å². The molecule has 1 heterocycles. The van der Waals surface area contributed by atoms with E-state index in [9.17, 15) is 13.2 Å². The van der Waals surface area contributed by atoms with E-state index in [-0.39, 0.29) is 46.8 Å². The van der Waals surface area contributed by atoms with Crippen molar-refractivity contribution in [1.29, 1.82) is 0 Å². The first-order valence-corrected chi connectivity index (χ1v) is 13.0. The number of anilines is 2. The lowest BCUT2D eigenvalue weighted by Gasteiger charge is -2.19. The van der Waals surface area contributed by atoms with Crippen molar-refractivity contribution < 1.29 is 27.4 Å². The molecule has 0 fully saturated rings. The van der Waals surface area contributed by atoms with Crippen molar-refractivity contribution >= 4 is 39.2 Å². The zero-order chi connectivity index (χ0) is 26.2. The number of nitrogens with one attached hydrogen (secondary N) is 2. The van der Waals surface area contributed by atoms with Crippen LogP contribution in [-0.2, 0) is 20.2 Å². The Morgan fingerprint density at radius 3 is 2.36 bits per heavy atom. The number of halogens is 1. The molecule has 192 valence electrons. The second kappa shape index (κ2) is 12.0. The average molecular weight is 534 g/mol. The van der Waals surface area contributed by atoms with E-state index in [4.69, 9.17) is 25.8 Å². The van der Waals surface area contributed by atoms with E-state index < -0.39 is 16.1 Å². The maximum Gasteiger partial charge on any atom is 0.412 e. The molecular formula is C25H28ClN3O6S. The predicted octanol–water partition coefficient (Wildman–Crippen LogP) is 5.38. The average Bonchev–Trinajstić information content (AvgIpc) is 2.83. The number of amides is 1. The second-order valence-electron chi connectivity index (χ2n) is 8.59. The second-order valence-corrected chi connectivity index (χ2v) is 10.5. The number of alkyl halides is 1. The number of carbonyl (C=O) groups excluding carboxylic acids is 1. The molecule has 36 heavy (non-hydrogen) atoms. The Morgan fingerprint density at radius 1 is 0.972 bits per heavy atom. The van der Waals surface area contributed by atoms with Crippen molar-refractivity contribution in [3.8, 4) is 11.5 Å². The Balaban J connectivity index is 1.66. The number of nitrogens with zero attached hydrogens (tertiary/aromatic N) is 1. The van der Waals surface area contributed by atoms with Crippen LogP contribution in [0.15, 0.2) is 71.8 Å². The minimum absolute atomic E-state index is 0.0151. The molecule has 11 heteroatoms. The van der Waals surface area contributed by atoms with Gasteiger partial charge in [0.05, 0.1) is 10.6 Å². The van der Waals surface area contributed by atoms with Crippen molar-refractivity contribution in [2.45, 2.75) is 31.1 Å². The SMILES string of the molecule is CC(C)(C)c1ccc(S(=O)(=O)Nc2cccc(OCCOC(=O)Nc3ccccn3)c2OCCl)cc1. The van der Waals surface area contributed by atoms with Crippen LogP contribution in [0.2, 0.25) is 0 Å². The molecule has 0 atom stereocenters. The van der Waals surface area contributed by atoms with Crippen LogP contribution in [0.1, 0.15) is 26.3 Å². The first-order chi connectivity index (χ1) is 17.1. The van der Waals surface area contributed by atoms with E-state index in [1.165, 1.54) is 6.07 Å². The number of ether oxygens (including phenoxy) is 3. The van der Waals surface area contributed by atoms with E-state index in [1.54, 1.807) is 60.8 Å². The molecule has 0 saturated carbocycles. The molecule has 0 bridgehead atoms. The molecule has 0 spiro atoms. The van der Waals surface area contributed by atoms with E-state index in [1.807, 2.05) is 20.8 Å².